The smallest absolute Gasteiger partial charge is 0.147 e. The molecule has 2 N–H and O–H groups in total. The molecule has 0 aliphatic rings. The molecule has 0 rings (SSSR count). The van der Waals surface area contributed by atoms with Crippen LogP contribution in [-0.4, -0.2) is 6.29 Å². The zero-order valence-electron chi connectivity index (χ0n) is 6.14. The fraction of sp³-hybridized carbons (Fsp3) is 0.571. The molecule has 0 aliphatic heterocycles. The quantitative estimate of drug-likeness (QED) is 0.445. The molecule has 0 bridgehead atoms. The topological polar surface area (TPSA) is 43.1 Å². The van der Waals surface area contributed by atoms with Gasteiger partial charge in [-0.3, -0.25) is 4.79 Å². The van der Waals surface area contributed by atoms with Crippen LogP contribution in [0.4, 0.5) is 0 Å². The van der Waals surface area contributed by atoms with Crippen molar-refractivity contribution < 1.29 is 4.79 Å². The highest BCUT2D eigenvalue weighted by atomic mass is 16.1. The predicted molar refractivity (Wildman–Crippen MR) is 37.8 cm³/mol. The molecule has 0 atom stereocenters. The van der Waals surface area contributed by atoms with Crippen molar-refractivity contribution in [1.82, 2.24) is 0 Å². The second kappa shape index (κ2) is 3.28. The number of nitrogens with two attached hydrogens (primary N) is 1. The van der Waals surface area contributed by atoms with Gasteiger partial charge in [-0.2, -0.15) is 0 Å². The molecule has 0 aliphatic carbocycles. The van der Waals surface area contributed by atoms with E-state index in [2.05, 4.69) is 0 Å². The molecule has 0 aromatic heterocycles. The van der Waals surface area contributed by atoms with Gasteiger partial charge in [-0.1, -0.05) is 13.8 Å². The summed E-state index contributed by atoms with van der Waals surface area (Å²) in [5.41, 5.74) is 6.85. The molecule has 0 spiro atoms. The van der Waals surface area contributed by atoms with Crippen LogP contribution in [0.2, 0.25) is 0 Å². The summed E-state index contributed by atoms with van der Waals surface area (Å²) in [6.45, 7) is 5.65. The Morgan fingerprint density at radius 3 is 2.11 bits per heavy atom. The number of rotatable bonds is 2. The van der Waals surface area contributed by atoms with E-state index in [0.717, 1.165) is 6.29 Å². The molecule has 0 radical (unpaired) electrons. The molecule has 0 saturated heterocycles. The third-order valence-corrected chi connectivity index (χ3v) is 1.25. The molecule has 2 nitrogen and oxygen atoms in total. The molecule has 0 fully saturated rings. The maximum atomic E-state index is 10.1. The molecular formula is C7H13NO. The first-order valence-electron chi connectivity index (χ1n) is 3.01. The minimum Gasteiger partial charge on any atom is -0.402 e. The Morgan fingerprint density at radius 1 is 1.56 bits per heavy atom. The van der Waals surface area contributed by atoms with Gasteiger partial charge in [0.15, 0.2) is 0 Å². The summed E-state index contributed by atoms with van der Waals surface area (Å²) in [4.78, 5) is 10.1. The van der Waals surface area contributed by atoms with Gasteiger partial charge in [0.2, 0.25) is 0 Å². The average Bonchev–Trinajstić information content (AvgIpc) is 1.84. The van der Waals surface area contributed by atoms with Gasteiger partial charge in [-0.15, -0.1) is 0 Å². The third-order valence-electron chi connectivity index (χ3n) is 1.25. The van der Waals surface area contributed by atoms with Crippen LogP contribution in [0.1, 0.15) is 20.8 Å². The largest absolute Gasteiger partial charge is 0.402 e. The number of allylic oxidation sites excluding steroid dienone is 2. The van der Waals surface area contributed by atoms with Crippen LogP contribution >= 0.6 is 0 Å². The lowest BCUT2D eigenvalue weighted by Crippen LogP contribution is -2.08. The minimum absolute atomic E-state index is 0.273. The highest BCUT2D eigenvalue weighted by Gasteiger charge is 1.99. The number of hydrogen-bond acceptors (Lipinski definition) is 2. The molecule has 0 unspecified atom stereocenters. The van der Waals surface area contributed by atoms with Crippen molar-refractivity contribution in [3.63, 3.8) is 0 Å². The number of carbonyl (C=O) groups excluding carboxylic acids is 1. The van der Waals surface area contributed by atoms with E-state index in [1.807, 2.05) is 13.8 Å². The summed E-state index contributed by atoms with van der Waals surface area (Å²) in [6.07, 6.45) is 0.787. The van der Waals surface area contributed by atoms with Gasteiger partial charge in [-0.25, -0.2) is 0 Å². The summed E-state index contributed by atoms with van der Waals surface area (Å²) in [5.74, 6) is 0.273. The van der Waals surface area contributed by atoms with Gasteiger partial charge in [0.25, 0.3) is 0 Å². The van der Waals surface area contributed by atoms with E-state index in [-0.39, 0.29) is 5.92 Å². The Balaban J connectivity index is 4.27. The second-order valence-corrected chi connectivity index (χ2v) is 2.41. The minimum atomic E-state index is 0.273. The van der Waals surface area contributed by atoms with Crippen molar-refractivity contribution in [3.05, 3.63) is 11.3 Å². The van der Waals surface area contributed by atoms with E-state index >= 15 is 0 Å². The number of carbonyl (C=O) groups is 1. The standard InChI is InChI=1S/C7H13NO/c1-5(2)7(8)6(3)4-9/h4-5H,8H2,1-3H3. The number of hydrogen-bond donors (Lipinski definition) is 1. The molecule has 0 amide bonds. The maximum absolute atomic E-state index is 10.1. The summed E-state index contributed by atoms with van der Waals surface area (Å²) in [7, 11) is 0. The Labute approximate surface area is 55.7 Å². The van der Waals surface area contributed by atoms with Gasteiger partial charge >= 0.3 is 0 Å². The van der Waals surface area contributed by atoms with Gasteiger partial charge in [0.05, 0.1) is 0 Å². The fourth-order valence-electron chi connectivity index (χ4n) is 0.523. The Bertz CT molecular complexity index is 136. The molecule has 52 valence electrons. The van der Waals surface area contributed by atoms with E-state index < -0.39 is 0 Å². The van der Waals surface area contributed by atoms with E-state index in [1.54, 1.807) is 6.92 Å². The van der Waals surface area contributed by atoms with E-state index in [1.165, 1.54) is 0 Å². The molecule has 0 saturated carbocycles. The van der Waals surface area contributed by atoms with E-state index in [9.17, 15) is 4.79 Å². The summed E-state index contributed by atoms with van der Waals surface area (Å²) in [5, 5.41) is 0. The summed E-state index contributed by atoms with van der Waals surface area (Å²) >= 11 is 0. The zero-order valence-corrected chi connectivity index (χ0v) is 6.14. The van der Waals surface area contributed by atoms with Crippen LogP contribution in [0.5, 0.6) is 0 Å². The first-order chi connectivity index (χ1) is 4.09. The highest BCUT2D eigenvalue weighted by Crippen LogP contribution is 2.05. The van der Waals surface area contributed by atoms with Crippen LogP contribution in [-0.2, 0) is 4.79 Å². The molecule has 9 heavy (non-hydrogen) atoms. The SMILES string of the molecule is CC(C=O)=C(N)C(C)C. The maximum Gasteiger partial charge on any atom is 0.147 e. The van der Waals surface area contributed by atoms with E-state index in [4.69, 9.17) is 5.73 Å². The Hall–Kier alpha value is -0.790. The van der Waals surface area contributed by atoms with Crippen molar-refractivity contribution in [2.75, 3.05) is 0 Å². The summed E-state index contributed by atoms with van der Waals surface area (Å²) in [6, 6.07) is 0. The number of aldehydes is 1. The highest BCUT2D eigenvalue weighted by molar-refractivity contribution is 5.73. The first-order valence-corrected chi connectivity index (χ1v) is 3.01. The van der Waals surface area contributed by atoms with Crippen molar-refractivity contribution in [2.45, 2.75) is 20.8 Å². The van der Waals surface area contributed by atoms with Crippen molar-refractivity contribution in [1.29, 1.82) is 0 Å². The monoisotopic (exact) mass is 127 g/mol. The molecule has 0 heterocycles. The predicted octanol–water partition coefficient (Wildman–Crippen LogP) is 1.07. The molecule has 0 aromatic rings. The van der Waals surface area contributed by atoms with Crippen LogP contribution in [0.25, 0.3) is 0 Å². The van der Waals surface area contributed by atoms with Crippen LogP contribution < -0.4 is 5.73 Å². The van der Waals surface area contributed by atoms with Gasteiger partial charge in [0.1, 0.15) is 6.29 Å². The van der Waals surface area contributed by atoms with Crippen LogP contribution in [0.15, 0.2) is 11.3 Å². The Kier molecular flexibility index (Phi) is 2.99. The lowest BCUT2D eigenvalue weighted by molar-refractivity contribution is -0.104. The van der Waals surface area contributed by atoms with Gasteiger partial charge in [0, 0.05) is 11.3 Å². The lowest BCUT2D eigenvalue weighted by Gasteiger charge is -2.04. The van der Waals surface area contributed by atoms with Crippen molar-refractivity contribution in [2.24, 2.45) is 11.7 Å². The first kappa shape index (κ1) is 8.21. The third kappa shape index (κ3) is 2.31. The summed E-state index contributed by atoms with van der Waals surface area (Å²) < 4.78 is 0. The lowest BCUT2D eigenvalue weighted by atomic mass is 10.1. The molecule has 2 heteroatoms. The molecular weight excluding hydrogens is 114 g/mol. The van der Waals surface area contributed by atoms with Crippen molar-refractivity contribution >= 4 is 6.29 Å². The van der Waals surface area contributed by atoms with Crippen LogP contribution in [0, 0.1) is 5.92 Å². The van der Waals surface area contributed by atoms with Gasteiger partial charge in [-0.05, 0) is 12.8 Å². The fourth-order valence-corrected chi connectivity index (χ4v) is 0.523. The molecule has 0 aromatic carbocycles. The van der Waals surface area contributed by atoms with Crippen LogP contribution in [0.3, 0.4) is 0 Å². The van der Waals surface area contributed by atoms with Crippen molar-refractivity contribution in [3.8, 4) is 0 Å². The zero-order chi connectivity index (χ0) is 7.44. The van der Waals surface area contributed by atoms with E-state index in [0.29, 0.717) is 11.3 Å². The second-order valence-electron chi connectivity index (χ2n) is 2.41. The van der Waals surface area contributed by atoms with Gasteiger partial charge < -0.3 is 5.73 Å². The average molecular weight is 127 g/mol. The Morgan fingerprint density at radius 2 is 2.00 bits per heavy atom. The normalized spacial score (nSPS) is 13.3.